The molecule has 3 rings (SSSR count). The average molecular weight is 457 g/mol. The fourth-order valence-corrected chi connectivity index (χ4v) is 3.80. The van der Waals surface area contributed by atoms with Gasteiger partial charge in [0.1, 0.15) is 37.7 Å². The highest BCUT2D eigenvalue weighted by molar-refractivity contribution is 5.76. The van der Waals surface area contributed by atoms with E-state index < -0.39 is 0 Å². The van der Waals surface area contributed by atoms with Crippen molar-refractivity contribution < 1.29 is 48.5 Å². The molecular weight excluding hydrogens is 426 g/mol. The van der Waals surface area contributed by atoms with E-state index >= 15 is 0 Å². The van der Waals surface area contributed by atoms with E-state index in [9.17, 15) is 9.18 Å². The maximum Gasteiger partial charge on any atom is 0.369 e. The van der Waals surface area contributed by atoms with Crippen LogP contribution in [0.1, 0.15) is 31.9 Å². The smallest absolute Gasteiger partial charge is 0.369 e. The van der Waals surface area contributed by atoms with E-state index in [2.05, 4.69) is 13.8 Å². The van der Waals surface area contributed by atoms with Crippen molar-refractivity contribution in [1.82, 2.24) is 0 Å². The van der Waals surface area contributed by atoms with Crippen molar-refractivity contribution in [2.45, 2.75) is 26.3 Å². The van der Waals surface area contributed by atoms with Crippen LogP contribution in [0.2, 0.25) is 0 Å². The van der Waals surface area contributed by atoms with Gasteiger partial charge in [0.2, 0.25) is 6.04 Å². The molecule has 1 unspecified atom stereocenters. The van der Waals surface area contributed by atoms with Gasteiger partial charge in [-0.15, -0.1) is 0 Å². The van der Waals surface area contributed by atoms with Gasteiger partial charge in [-0.2, -0.15) is 0 Å². The molecule has 0 aromatic heterocycles. The third-order valence-electron chi connectivity index (χ3n) is 5.46. The summed E-state index contributed by atoms with van der Waals surface area (Å²) in [7, 11) is 0. The van der Waals surface area contributed by atoms with E-state index in [0.717, 1.165) is 43.9 Å². The fraction of sp³-hybridized carbons (Fsp3) is 0.435. The van der Waals surface area contributed by atoms with Gasteiger partial charge in [-0.3, -0.25) is 4.90 Å². The predicted molar refractivity (Wildman–Crippen MR) is 107 cm³/mol. The third-order valence-corrected chi connectivity index (χ3v) is 5.46. The highest BCUT2D eigenvalue weighted by Gasteiger charge is 2.37. The number of quaternary nitrogens is 2. The van der Waals surface area contributed by atoms with Crippen LogP contribution in [0.25, 0.3) is 0 Å². The van der Waals surface area contributed by atoms with Crippen molar-refractivity contribution in [1.29, 1.82) is 0 Å². The summed E-state index contributed by atoms with van der Waals surface area (Å²) in [5.74, 6) is 0.172. The Morgan fingerprint density at radius 3 is 2.13 bits per heavy atom. The molecule has 1 aliphatic heterocycles. The minimum absolute atomic E-state index is 0. The van der Waals surface area contributed by atoms with Gasteiger partial charge in [-0.1, -0.05) is 44.2 Å². The van der Waals surface area contributed by atoms with Crippen LogP contribution in [0.15, 0.2) is 54.6 Å². The Hall–Kier alpha value is -1.66. The maximum absolute atomic E-state index is 13.2. The Morgan fingerprint density at radius 1 is 0.967 bits per heavy atom. The topological polar surface area (TPSA) is 35.2 Å². The lowest BCUT2D eigenvalue weighted by atomic mass is 10.0. The van der Waals surface area contributed by atoms with Crippen LogP contribution in [0.3, 0.4) is 0 Å². The Balaban J connectivity index is 0.00000225. The van der Waals surface area contributed by atoms with Gasteiger partial charge in [0.15, 0.2) is 0 Å². The number of ether oxygens (including phenoxy) is 1. The SMILES string of the molecule is CC(C)CCOC(=O)C(c1ccccc1)[NH+]1CC[NH+](c2ccc(F)cc2)CC1.[Cl-].[Cl-]. The van der Waals surface area contributed by atoms with Gasteiger partial charge < -0.3 is 34.5 Å². The molecule has 1 atom stereocenters. The van der Waals surface area contributed by atoms with Crippen molar-refractivity contribution in [2.24, 2.45) is 5.92 Å². The van der Waals surface area contributed by atoms with E-state index in [1.807, 2.05) is 42.5 Å². The summed E-state index contributed by atoms with van der Waals surface area (Å²) >= 11 is 0. The second-order valence-corrected chi connectivity index (χ2v) is 7.96. The lowest BCUT2D eigenvalue weighted by molar-refractivity contribution is -0.999. The fourth-order valence-electron chi connectivity index (χ4n) is 3.80. The van der Waals surface area contributed by atoms with Crippen LogP contribution in [0, 0.1) is 11.7 Å². The van der Waals surface area contributed by atoms with Crippen LogP contribution in [-0.4, -0.2) is 38.8 Å². The molecule has 0 spiro atoms. The van der Waals surface area contributed by atoms with Crippen LogP contribution < -0.4 is 34.6 Å². The largest absolute Gasteiger partial charge is 1.00 e. The zero-order valence-corrected chi connectivity index (χ0v) is 19.1. The number of hydrogen-bond donors (Lipinski definition) is 2. The van der Waals surface area contributed by atoms with Crippen LogP contribution in [-0.2, 0) is 9.53 Å². The summed E-state index contributed by atoms with van der Waals surface area (Å²) < 4.78 is 18.8. The lowest BCUT2D eigenvalue weighted by Crippen LogP contribution is -3.26. The molecule has 0 bridgehead atoms. The Labute approximate surface area is 191 Å². The minimum Gasteiger partial charge on any atom is -1.00 e. The number of esters is 1. The van der Waals surface area contributed by atoms with E-state index in [0.29, 0.717) is 12.5 Å². The molecule has 2 aromatic rings. The van der Waals surface area contributed by atoms with Gasteiger partial charge in [-0.05, 0) is 24.5 Å². The van der Waals surface area contributed by atoms with Crippen molar-refractivity contribution in [2.75, 3.05) is 32.8 Å². The number of benzene rings is 2. The molecule has 166 valence electrons. The molecular formula is C23H31Cl2FN2O2. The molecule has 0 radical (unpaired) electrons. The van der Waals surface area contributed by atoms with Crippen LogP contribution in [0.4, 0.5) is 10.1 Å². The molecule has 30 heavy (non-hydrogen) atoms. The first-order chi connectivity index (χ1) is 13.5. The first-order valence-electron chi connectivity index (χ1n) is 10.2. The molecule has 1 fully saturated rings. The zero-order valence-electron chi connectivity index (χ0n) is 17.5. The number of hydrogen-bond acceptors (Lipinski definition) is 2. The highest BCUT2D eigenvalue weighted by Crippen LogP contribution is 2.12. The van der Waals surface area contributed by atoms with Gasteiger partial charge in [-0.25, -0.2) is 9.18 Å². The third kappa shape index (κ3) is 7.24. The standard InChI is InChI=1S/C23H29FN2O2.2ClH/c1-18(2)12-17-28-23(27)22(19-6-4-3-5-7-19)26-15-13-25(14-16-26)21-10-8-20(24)9-11-21;;/h3-11,18,22H,12-17H2,1-2H3;2*1H. The van der Waals surface area contributed by atoms with Crippen molar-refractivity contribution in [3.8, 4) is 0 Å². The zero-order chi connectivity index (χ0) is 19.9. The Morgan fingerprint density at radius 2 is 1.57 bits per heavy atom. The van der Waals surface area contributed by atoms with Gasteiger partial charge in [0.25, 0.3) is 0 Å². The van der Waals surface area contributed by atoms with E-state index in [4.69, 9.17) is 4.74 Å². The highest BCUT2D eigenvalue weighted by atomic mass is 35.5. The molecule has 7 heteroatoms. The van der Waals surface area contributed by atoms with Crippen molar-refractivity contribution in [3.63, 3.8) is 0 Å². The molecule has 1 heterocycles. The number of halogens is 3. The van der Waals surface area contributed by atoms with E-state index in [1.54, 1.807) is 0 Å². The number of carbonyl (C=O) groups excluding carboxylic acids is 1. The first kappa shape index (κ1) is 26.4. The molecule has 0 amide bonds. The van der Waals surface area contributed by atoms with Gasteiger partial charge >= 0.3 is 5.97 Å². The molecule has 2 N–H and O–H groups in total. The van der Waals surface area contributed by atoms with Gasteiger partial charge in [0.05, 0.1) is 6.61 Å². The summed E-state index contributed by atoms with van der Waals surface area (Å²) in [6, 6.07) is 16.4. The van der Waals surface area contributed by atoms with Gasteiger partial charge in [0, 0.05) is 17.7 Å². The monoisotopic (exact) mass is 456 g/mol. The number of rotatable bonds is 7. The Bertz CT molecular complexity index is 752. The summed E-state index contributed by atoms with van der Waals surface area (Å²) in [5.41, 5.74) is 2.12. The molecule has 0 aliphatic carbocycles. The lowest BCUT2D eigenvalue weighted by Gasteiger charge is -2.33. The summed E-state index contributed by atoms with van der Waals surface area (Å²) in [6.07, 6.45) is 0.880. The minimum atomic E-state index is -0.289. The number of piperazine rings is 1. The van der Waals surface area contributed by atoms with Crippen molar-refractivity contribution >= 4 is 11.7 Å². The predicted octanol–water partition coefficient (Wildman–Crippen LogP) is -4.42. The normalized spacial score (nSPS) is 19.3. The second kappa shape index (κ2) is 12.9. The van der Waals surface area contributed by atoms with E-state index in [1.165, 1.54) is 21.9 Å². The number of nitrogens with one attached hydrogen (secondary N) is 2. The van der Waals surface area contributed by atoms with Crippen LogP contribution in [0.5, 0.6) is 0 Å². The summed E-state index contributed by atoms with van der Waals surface area (Å²) in [4.78, 5) is 15.5. The second-order valence-electron chi connectivity index (χ2n) is 7.96. The maximum atomic E-state index is 13.2. The van der Waals surface area contributed by atoms with E-state index in [-0.39, 0.29) is 42.6 Å². The first-order valence-corrected chi connectivity index (χ1v) is 10.2. The quantitative estimate of drug-likeness (QED) is 0.412. The molecule has 2 aromatic carbocycles. The summed E-state index contributed by atoms with van der Waals surface area (Å²) in [5, 5.41) is 0. The molecule has 1 aliphatic rings. The summed E-state index contributed by atoms with van der Waals surface area (Å²) in [6.45, 7) is 8.28. The number of carbonyl (C=O) groups is 1. The molecule has 4 nitrogen and oxygen atoms in total. The Kier molecular flexibility index (Phi) is 11.3. The van der Waals surface area contributed by atoms with Crippen LogP contribution >= 0.6 is 0 Å². The average Bonchev–Trinajstić information content (AvgIpc) is 2.70. The van der Waals surface area contributed by atoms with Crippen molar-refractivity contribution in [3.05, 3.63) is 66.0 Å². The molecule has 0 saturated carbocycles. The molecule has 1 saturated heterocycles.